The molecule has 0 aliphatic heterocycles. The van der Waals surface area contributed by atoms with Gasteiger partial charge in [0.1, 0.15) is 11.5 Å². The van der Waals surface area contributed by atoms with Gasteiger partial charge in [-0.05, 0) is 48.7 Å². The van der Waals surface area contributed by atoms with Crippen LogP contribution in [0, 0.1) is 6.92 Å². The van der Waals surface area contributed by atoms with E-state index in [9.17, 15) is 0 Å². The van der Waals surface area contributed by atoms with Gasteiger partial charge in [0.25, 0.3) is 0 Å². The van der Waals surface area contributed by atoms with Crippen molar-refractivity contribution >= 4 is 0 Å². The van der Waals surface area contributed by atoms with E-state index in [0.717, 1.165) is 24.3 Å². The van der Waals surface area contributed by atoms with Crippen molar-refractivity contribution in [2.75, 3.05) is 13.7 Å². The lowest BCUT2D eigenvalue weighted by atomic mass is 10.1. The summed E-state index contributed by atoms with van der Waals surface area (Å²) in [5.74, 6) is 1.79. The Bertz CT molecular complexity index is 438. The van der Waals surface area contributed by atoms with Crippen LogP contribution in [-0.4, -0.2) is 13.7 Å². The van der Waals surface area contributed by atoms with Crippen LogP contribution in [0.25, 0.3) is 0 Å². The van der Waals surface area contributed by atoms with E-state index in [4.69, 9.17) is 9.47 Å². The molecule has 0 amide bonds. The lowest BCUT2D eigenvalue weighted by Gasteiger charge is -2.07. The van der Waals surface area contributed by atoms with E-state index >= 15 is 0 Å². The zero-order valence-corrected chi connectivity index (χ0v) is 11.3. The minimum Gasteiger partial charge on any atom is -0.497 e. The van der Waals surface area contributed by atoms with Crippen molar-refractivity contribution in [3.05, 3.63) is 66.6 Å². The smallest absolute Gasteiger partial charge is 0.119 e. The summed E-state index contributed by atoms with van der Waals surface area (Å²) < 4.78 is 10.8. The van der Waals surface area contributed by atoms with Crippen molar-refractivity contribution in [1.82, 2.24) is 0 Å². The number of rotatable bonds is 6. The quantitative estimate of drug-likeness (QED) is 0.783. The van der Waals surface area contributed by atoms with Gasteiger partial charge < -0.3 is 9.47 Å². The zero-order valence-electron chi connectivity index (χ0n) is 11.3. The van der Waals surface area contributed by atoms with Crippen molar-refractivity contribution in [2.45, 2.75) is 12.8 Å². The fraction of sp³-hybridized carbons (Fsp3) is 0.235. The largest absolute Gasteiger partial charge is 0.497 e. The van der Waals surface area contributed by atoms with E-state index in [1.807, 2.05) is 24.3 Å². The molecule has 2 rings (SSSR count). The molecule has 0 N–H and O–H groups in total. The molecule has 0 fully saturated rings. The summed E-state index contributed by atoms with van der Waals surface area (Å²) in [6, 6.07) is 16.2. The van der Waals surface area contributed by atoms with Crippen molar-refractivity contribution in [2.24, 2.45) is 0 Å². The average Bonchev–Trinajstić information content (AvgIpc) is 2.49. The Kier molecular flexibility index (Phi) is 4.85. The summed E-state index contributed by atoms with van der Waals surface area (Å²) in [6.07, 6.45) is 1.70. The Hall–Kier alpha value is -1.96. The Balaban J connectivity index is 1.81. The van der Waals surface area contributed by atoms with Crippen LogP contribution in [0.1, 0.15) is 11.1 Å². The van der Waals surface area contributed by atoms with Gasteiger partial charge in [-0.15, -0.1) is 0 Å². The number of hydrogen-bond acceptors (Lipinski definition) is 2. The molecular formula is C17H19O2. The minimum atomic E-state index is 0.677. The summed E-state index contributed by atoms with van der Waals surface area (Å²) in [6.45, 7) is 4.53. The van der Waals surface area contributed by atoms with E-state index in [0.29, 0.717) is 6.61 Å². The zero-order chi connectivity index (χ0) is 13.5. The fourth-order valence-corrected chi connectivity index (χ4v) is 1.83. The average molecular weight is 255 g/mol. The van der Waals surface area contributed by atoms with Gasteiger partial charge in [-0.1, -0.05) is 24.3 Å². The number of hydrogen-bond donors (Lipinski definition) is 0. The highest BCUT2D eigenvalue weighted by molar-refractivity contribution is 5.29. The van der Waals surface area contributed by atoms with Crippen LogP contribution < -0.4 is 9.47 Å². The first-order valence-corrected chi connectivity index (χ1v) is 6.46. The van der Waals surface area contributed by atoms with E-state index < -0.39 is 0 Å². The highest BCUT2D eigenvalue weighted by atomic mass is 16.5. The van der Waals surface area contributed by atoms with Gasteiger partial charge in [0.05, 0.1) is 13.7 Å². The normalized spacial score (nSPS) is 10.2. The van der Waals surface area contributed by atoms with Crippen LogP contribution in [0.2, 0.25) is 0 Å². The second kappa shape index (κ2) is 6.83. The van der Waals surface area contributed by atoms with Crippen LogP contribution in [0.15, 0.2) is 48.5 Å². The Morgan fingerprint density at radius 1 is 0.842 bits per heavy atom. The topological polar surface area (TPSA) is 18.5 Å². The highest BCUT2D eigenvalue weighted by Gasteiger charge is 1.97. The van der Waals surface area contributed by atoms with Crippen LogP contribution in [0.4, 0.5) is 0 Å². The predicted molar refractivity (Wildman–Crippen MR) is 77.7 cm³/mol. The van der Waals surface area contributed by atoms with Crippen molar-refractivity contribution in [3.8, 4) is 11.5 Å². The standard InChI is InChI=1S/C17H19O2/c1-3-14-4-10-17(11-5-14)19-13-12-15-6-8-16(18-2)9-7-15/h4-11H,1,3,12-13H2,2H3. The maximum Gasteiger partial charge on any atom is 0.119 e. The first-order valence-electron chi connectivity index (χ1n) is 6.46. The number of ether oxygens (including phenoxy) is 2. The third-order valence-electron chi connectivity index (χ3n) is 3.03. The monoisotopic (exact) mass is 255 g/mol. The van der Waals surface area contributed by atoms with Crippen LogP contribution in [-0.2, 0) is 12.8 Å². The molecule has 99 valence electrons. The fourth-order valence-electron chi connectivity index (χ4n) is 1.83. The lowest BCUT2D eigenvalue weighted by Crippen LogP contribution is -2.01. The van der Waals surface area contributed by atoms with Gasteiger partial charge in [0, 0.05) is 6.42 Å². The van der Waals surface area contributed by atoms with E-state index in [2.05, 4.69) is 31.2 Å². The second-order valence-electron chi connectivity index (χ2n) is 4.34. The maximum absolute atomic E-state index is 5.71. The molecule has 0 aliphatic carbocycles. The van der Waals surface area contributed by atoms with Crippen LogP contribution in [0.5, 0.6) is 11.5 Å². The number of methoxy groups -OCH3 is 1. The van der Waals surface area contributed by atoms with Gasteiger partial charge in [-0.25, -0.2) is 0 Å². The molecule has 2 aromatic rings. The van der Waals surface area contributed by atoms with Gasteiger partial charge >= 0.3 is 0 Å². The molecule has 19 heavy (non-hydrogen) atoms. The summed E-state index contributed by atoms with van der Waals surface area (Å²) in [5.41, 5.74) is 2.47. The van der Waals surface area contributed by atoms with Crippen LogP contribution >= 0.6 is 0 Å². The summed E-state index contributed by atoms with van der Waals surface area (Å²) in [4.78, 5) is 0. The van der Waals surface area contributed by atoms with Gasteiger partial charge in [0.15, 0.2) is 0 Å². The third kappa shape index (κ3) is 4.02. The minimum absolute atomic E-state index is 0.677. The SMILES string of the molecule is [CH2]Cc1ccc(OCCc2ccc(OC)cc2)cc1. The first-order chi connectivity index (χ1) is 9.31. The van der Waals surface area contributed by atoms with E-state index in [-0.39, 0.29) is 0 Å². The highest BCUT2D eigenvalue weighted by Crippen LogP contribution is 2.14. The van der Waals surface area contributed by atoms with Gasteiger partial charge in [-0.3, -0.25) is 0 Å². The summed E-state index contributed by atoms with van der Waals surface area (Å²) in [5, 5.41) is 0. The Labute approximate surface area is 115 Å². The van der Waals surface area contributed by atoms with Crippen molar-refractivity contribution < 1.29 is 9.47 Å². The Morgan fingerprint density at radius 3 is 2.00 bits per heavy atom. The van der Waals surface area contributed by atoms with Gasteiger partial charge in [-0.2, -0.15) is 0 Å². The molecular weight excluding hydrogens is 236 g/mol. The molecule has 0 unspecified atom stereocenters. The molecule has 0 aliphatic rings. The predicted octanol–water partition coefficient (Wildman–Crippen LogP) is 3.69. The molecule has 0 spiro atoms. The molecule has 2 heteroatoms. The van der Waals surface area contributed by atoms with E-state index in [1.54, 1.807) is 7.11 Å². The third-order valence-corrected chi connectivity index (χ3v) is 3.03. The Morgan fingerprint density at radius 2 is 1.42 bits per heavy atom. The molecule has 0 saturated carbocycles. The van der Waals surface area contributed by atoms with Crippen molar-refractivity contribution in [1.29, 1.82) is 0 Å². The maximum atomic E-state index is 5.71. The molecule has 2 nitrogen and oxygen atoms in total. The summed E-state index contributed by atoms with van der Waals surface area (Å²) >= 11 is 0. The molecule has 0 bridgehead atoms. The van der Waals surface area contributed by atoms with Crippen molar-refractivity contribution in [3.63, 3.8) is 0 Å². The van der Waals surface area contributed by atoms with E-state index in [1.165, 1.54) is 11.1 Å². The lowest BCUT2D eigenvalue weighted by molar-refractivity contribution is 0.322. The molecule has 0 aromatic heterocycles. The number of benzene rings is 2. The molecule has 0 heterocycles. The molecule has 0 atom stereocenters. The van der Waals surface area contributed by atoms with Crippen LogP contribution in [0.3, 0.4) is 0 Å². The summed E-state index contributed by atoms with van der Waals surface area (Å²) in [7, 11) is 1.67. The first kappa shape index (κ1) is 13.5. The molecule has 1 radical (unpaired) electrons. The van der Waals surface area contributed by atoms with Gasteiger partial charge in [0.2, 0.25) is 0 Å². The second-order valence-corrected chi connectivity index (χ2v) is 4.34. The molecule has 0 saturated heterocycles. The molecule has 2 aromatic carbocycles.